The number of nitrogens with two attached hydrogens (primary N) is 1. The van der Waals surface area contributed by atoms with E-state index in [4.69, 9.17) is 10.5 Å². The Hall–Kier alpha value is -0.870. The zero-order chi connectivity index (χ0) is 11.8. The zero-order valence-electron chi connectivity index (χ0n) is 9.65. The number of ether oxygens (including phenoxy) is 1. The van der Waals surface area contributed by atoms with Gasteiger partial charge < -0.3 is 10.5 Å². The number of unbranched alkanes of at least 4 members (excludes halogenated alkanes) is 1. The van der Waals surface area contributed by atoms with E-state index >= 15 is 0 Å². The molecule has 0 radical (unpaired) electrons. The largest absolute Gasteiger partial charge is 0.398 e. The van der Waals surface area contributed by atoms with Crippen molar-refractivity contribution in [2.75, 3.05) is 24.7 Å². The molecule has 0 spiro atoms. The smallest absolute Gasteiger partial charge is 0.0618 e. The molecule has 0 amide bonds. The first-order valence-electron chi connectivity index (χ1n) is 5.56. The minimum absolute atomic E-state index is 0.512. The number of nitrogen functional groups attached to an aromatic ring is 1. The van der Waals surface area contributed by atoms with E-state index < -0.39 is 10.8 Å². The van der Waals surface area contributed by atoms with Crippen molar-refractivity contribution in [2.24, 2.45) is 0 Å². The van der Waals surface area contributed by atoms with Crippen molar-refractivity contribution in [1.29, 1.82) is 0 Å². The maximum Gasteiger partial charge on any atom is 0.0618 e. The van der Waals surface area contributed by atoms with Gasteiger partial charge in [0.05, 0.1) is 28.1 Å². The quantitative estimate of drug-likeness (QED) is 0.588. The molecule has 0 heterocycles. The number of benzene rings is 1. The Labute approximate surface area is 99.4 Å². The average molecular weight is 241 g/mol. The predicted molar refractivity (Wildman–Crippen MR) is 67.9 cm³/mol. The van der Waals surface area contributed by atoms with Crippen molar-refractivity contribution in [3.05, 3.63) is 24.3 Å². The van der Waals surface area contributed by atoms with Crippen LogP contribution in [0.2, 0.25) is 0 Å². The molecule has 1 aromatic rings. The lowest BCUT2D eigenvalue weighted by atomic mass is 10.3. The van der Waals surface area contributed by atoms with E-state index in [1.54, 1.807) is 12.1 Å². The van der Waals surface area contributed by atoms with E-state index in [1.165, 1.54) is 0 Å². The molecule has 0 saturated heterocycles. The van der Waals surface area contributed by atoms with Gasteiger partial charge in [-0.3, -0.25) is 4.21 Å². The summed E-state index contributed by atoms with van der Waals surface area (Å²) in [5.41, 5.74) is 6.33. The molecule has 90 valence electrons. The SMILES string of the molecule is CCCCOCCS(=O)c1ccccc1N. The normalized spacial score (nSPS) is 12.6. The van der Waals surface area contributed by atoms with Crippen molar-refractivity contribution in [1.82, 2.24) is 0 Å². The fraction of sp³-hybridized carbons (Fsp3) is 0.500. The van der Waals surface area contributed by atoms with Crippen LogP contribution >= 0.6 is 0 Å². The predicted octanol–water partition coefficient (Wildman–Crippen LogP) is 2.19. The van der Waals surface area contributed by atoms with Crippen molar-refractivity contribution in [3.63, 3.8) is 0 Å². The molecule has 0 aliphatic heterocycles. The van der Waals surface area contributed by atoms with Gasteiger partial charge in [-0.05, 0) is 18.6 Å². The minimum atomic E-state index is -1.05. The number of hydrogen-bond donors (Lipinski definition) is 1. The second kappa shape index (κ2) is 7.41. The zero-order valence-corrected chi connectivity index (χ0v) is 10.5. The van der Waals surface area contributed by atoms with E-state index in [0.29, 0.717) is 22.9 Å². The van der Waals surface area contributed by atoms with Crippen LogP contribution in [0.1, 0.15) is 19.8 Å². The van der Waals surface area contributed by atoms with E-state index in [1.807, 2.05) is 12.1 Å². The lowest BCUT2D eigenvalue weighted by Gasteiger charge is -2.06. The lowest BCUT2D eigenvalue weighted by molar-refractivity contribution is 0.146. The van der Waals surface area contributed by atoms with Gasteiger partial charge in [0.1, 0.15) is 0 Å². The molecule has 3 nitrogen and oxygen atoms in total. The van der Waals surface area contributed by atoms with E-state index in [0.717, 1.165) is 19.4 Å². The highest BCUT2D eigenvalue weighted by atomic mass is 32.2. The Balaban J connectivity index is 2.33. The highest BCUT2D eigenvalue weighted by Gasteiger charge is 2.06. The van der Waals surface area contributed by atoms with Crippen molar-refractivity contribution < 1.29 is 8.95 Å². The minimum Gasteiger partial charge on any atom is -0.398 e. The fourth-order valence-electron chi connectivity index (χ4n) is 1.28. The van der Waals surface area contributed by atoms with E-state index in [9.17, 15) is 4.21 Å². The third kappa shape index (κ3) is 4.33. The first-order chi connectivity index (χ1) is 7.75. The lowest BCUT2D eigenvalue weighted by Crippen LogP contribution is -2.08. The molecule has 0 saturated carbocycles. The van der Waals surface area contributed by atoms with Crippen molar-refractivity contribution >= 4 is 16.5 Å². The van der Waals surface area contributed by atoms with E-state index in [-0.39, 0.29) is 0 Å². The van der Waals surface area contributed by atoms with Crippen LogP contribution in [0.3, 0.4) is 0 Å². The van der Waals surface area contributed by atoms with Crippen molar-refractivity contribution in [3.8, 4) is 0 Å². The Bertz CT molecular complexity index is 342. The molecule has 1 aromatic carbocycles. The summed E-state index contributed by atoms with van der Waals surface area (Å²) in [6, 6.07) is 7.26. The first kappa shape index (κ1) is 13.2. The van der Waals surface area contributed by atoms with Crippen LogP contribution in [-0.4, -0.2) is 23.2 Å². The Morgan fingerprint density at radius 3 is 2.75 bits per heavy atom. The van der Waals surface area contributed by atoms with Crippen molar-refractivity contribution in [2.45, 2.75) is 24.7 Å². The van der Waals surface area contributed by atoms with Crippen LogP contribution in [0.15, 0.2) is 29.2 Å². The second-order valence-electron chi connectivity index (χ2n) is 3.55. The fourth-order valence-corrected chi connectivity index (χ4v) is 2.33. The van der Waals surface area contributed by atoms with Gasteiger partial charge in [0.2, 0.25) is 0 Å². The Kier molecular flexibility index (Phi) is 6.11. The van der Waals surface area contributed by atoms with Gasteiger partial charge in [0.25, 0.3) is 0 Å². The van der Waals surface area contributed by atoms with Crippen LogP contribution < -0.4 is 5.73 Å². The Morgan fingerprint density at radius 2 is 2.06 bits per heavy atom. The summed E-state index contributed by atoms with van der Waals surface area (Å²) in [6.07, 6.45) is 2.18. The molecular formula is C12H19NO2S. The average Bonchev–Trinajstić information content (AvgIpc) is 2.29. The van der Waals surface area contributed by atoms with Gasteiger partial charge in [0, 0.05) is 12.3 Å². The molecule has 16 heavy (non-hydrogen) atoms. The molecule has 0 aliphatic carbocycles. The van der Waals surface area contributed by atoms with Gasteiger partial charge in [-0.1, -0.05) is 25.5 Å². The molecule has 4 heteroatoms. The molecule has 0 aromatic heterocycles. The third-order valence-electron chi connectivity index (χ3n) is 2.22. The summed E-state index contributed by atoms with van der Waals surface area (Å²) in [4.78, 5) is 0.710. The van der Waals surface area contributed by atoms with E-state index in [2.05, 4.69) is 6.92 Å². The topological polar surface area (TPSA) is 52.3 Å². The van der Waals surface area contributed by atoms with Gasteiger partial charge in [-0.15, -0.1) is 0 Å². The molecule has 1 rings (SSSR count). The summed E-state index contributed by atoms with van der Waals surface area (Å²) in [5, 5.41) is 0. The highest BCUT2D eigenvalue weighted by Crippen LogP contribution is 2.15. The number of rotatable bonds is 7. The molecule has 1 atom stereocenters. The Morgan fingerprint density at radius 1 is 1.31 bits per heavy atom. The van der Waals surface area contributed by atoms with Crippen LogP contribution in [0.25, 0.3) is 0 Å². The number of anilines is 1. The van der Waals surface area contributed by atoms with Gasteiger partial charge in [0.15, 0.2) is 0 Å². The molecule has 0 fully saturated rings. The molecule has 0 bridgehead atoms. The maximum absolute atomic E-state index is 11.8. The summed E-state index contributed by atoms with van der Waals surface area (Å²) in [7, 11) is -1.05. The molecular weight excluding hydrogens is 222 g/mol. The first-order valence-corrected chi connectivity index (χ1v) is 6.88. The van der Waals surface area contributed by atoms with Gasteiger partial charge in [-0.25, -0.2) is 0 Å². The van der Waals surface area contributed by atoms with Crippen LogP contribution in [0.5, 0.6) is 0 Å². The standard InChI is InChI=1S/C12H19NO2S/c1-2-3-8-15-9-10-16(14)12-7-5-4-6-11(12)13/h4-7H,2-3,8-10,13H2,1H3. The molecule has 0 aliphatic rings. The van der Waals surface area contributed by atoms with Crippen LogP contribution in [0.4, 0.5) is 5.69 Å². The summed E-state index contributed by atoms with van der Waals surface area (Å²) in [5.74, 6) is 0.512. The maximum atomic E-state index is 11.8. The van der Waals surface area contributed by atoms with Gasteiger partial charge in [-0.2, -0.15) is 0 Å². The third-order valence-corrected chi connectivity index (χ3v) is 3.62. The molecule has 1 unspecified atom stereocenters. The number of para-hydroxylation sites is 1. The number of hydrogen-bond acceptors (Lipinski definition) is 3. The van der Waals surface area contributed by atoms with Crippen LogP contribution in [0, 0.1) is 0 Å². The second-order valence-corrected chi connectivity index (χ2v) is 5.09. The highest BCUT2D eigenvalue weighted by molar-refractivity contribution is 7.85. The molecule has 2 N–H and O–H groups in total. The van der Waals surface area contributed by atoms with Gasteiger partial charge >= 0.3 is 0 Å². The monoisotopic (exact) mass is 241 g/mol. The summed E-state index contributed by atoms with van der Waals surface area (Å²) >= 11 is 0. The summed E-state index contributed by atoms with van der Waals surface area (Å²) < 4.78 is 17.2. The van der Waals surface area contributed by atoms with Crippen LogP contribution in [-0.2, 0) is 15.5 Å². The summed E-state index contributed by atoms with van der Waals surface area (Å²) in [6.45, 7) is 3.39.